The molecule has 3 rings (SSSR count). The minimum Gasteiger partial charge on any atom is -0.351 e. The molecule has 0 saturated carbocycles. The van der Waals surface area contributed by atoms with Gasteiger partial charge in [-0.2, -0.15) is 13.2 Å². The monoisotopic (exact) mass is 413 g/mol. The quantitative estimate of drug-likeness (QED) is 0.797. The molecule has 0 aliphatic carbocycles. The third-order valence-electron chi connectivity index (χ3n) is 4.68. The molecule has 2 fully saturated rings. The van der Waals surface area contributed by atoms with Crippen LogP contribution < -0.4 is 10.6 Å². The molecule has 0 bridgehead atoms. The average Bonchev–Trinajstić information content (AvgIpc) is 3.19. The molecule has 26 heavy (non-hydrogen) atoms. The third kappa shape index (κ3) is 6.01. The number of halogens is 5. The molecule has 2 N–H and O–H groups in total. The molecule has 1 aromatic rings. The molecule has 148 valence electrons. The van der Waals surface area contributed by atoms with E-state index < -0.39 is 11.7 Å². The van der Waals surface area contributed by atoms with Crippen LogP contribution in [0.25, 0.3) is 0 Å². The third-order valence-corrected chi connectivity index (χ3v) is 4.68. The van der Waals surface area contributed by atoms with Crippen molar-refractivity contribution in [1.82, 2.24) is 15.5 Å². The van der Waals surface area contributed by atoms with Crippen molar-refractivity contribution in [1.29, 1.82) is 0 Å². The largest absolute Gasteiger partial charge is 0.416 e. The van der Waals surface area contributed by atoms with Gasteiger partial charge in [0.15, 0.2) is 0 Å². The molecule has 2 aliphatic heterocycles. The summed E-state index contributed by atoms with van der Waals surface area (Å²) in [7, 11) is 0. The second kappa shape index (κ2) is 9.78. The van der Waals surface area contributed by atoms with Gasteiger partial charge in [-0.25, -0.2) is 0 Å². The number of carbonyl (C=O) groups is 1. The van der Waals surface area contributed by atoms with Crippen molar-refractivity contribution in [2.45, 2.75) is 44.1 Å². The van der Waals surface area contributed by atoms with Crippen LogP contribution in [0.1, 0.15) is 30.4 Å². The number of amides is 1. The Hall–Kier alpha value is -1.02. The maximum absolute atomic E-state index is 12.6. The Morgan fingerprint density at radius 3 is 2.46 bits per heavy atom. The van der Waals surface area contributed by atoms with E-state index in [0.29, 0.717) is 6.54 Å². The number of nitrogens with one attached hydrogen (secondary N) is 2. The van der Waals surface area contributed by atoms with Crippen molar-refractivity contribution in [3.05, 3.63) is 35.4 Å². The highest BCUT2D eigenvalue weighted by Crippen LogP contribution is 2.29. The normalized spacial score (nSPS) is 23.2. The zero-order valence-corrected chi connectivity index (χ0v) is 15.9. The summed E-state index contributed by atoms with van der Waals surface area (Å²) in [6.45, 7) is 3.07. The summed E-state index contributed by atoms with van der Waals surface area (Å²) < 4.78 is 37.7. The van der Waals surface area contributed by atoms with Crippen molar-refractivity contribution >= 4 is 30.7 Å². The zero-order valence-electron chi connectivity index (χ0n) is 14.2. The minimum atomic E-state index is -4.30. The van der Waals surface area contributed by atoms with Crippen LogP contribution in [0, 0.1) is 0 Å². The van der Waals surface area contributed by atoms with E-state index >= 15 is 0 Å². The van der Waals surface area contributed by atoms with Gasteiger partial charge in [0.05, 0.1) is 11.6 Å². The molecule has 2 aliphatic rings. The fourth-order valence-corrected chi connectivity index (χ4v) is 3.36. The Balaban J connectivity index is 0.00000169. The lowest BCUT2D eigenvalue weighted by Gasteiger charge is -2.18. The SMILES string of the molecule is Cl.Cl.O=C(NC1CCN(Cc2ccc(C(F)(F)F)cc2)C1)C1CCCN1. The smallest absolute Gasteiger partial charge is 0.351 e. The number of benzene rings is 1. The molecule has 2 unspecified atom stereocenters. The van der Waals surface area contributed by atoms with Gasteiger partial charge in [-0.3, -0.25) is 9.69 Å². The minimum absolute atomic E-state index is 0. The first kappa shape index (κ1) is 23.0. The number of alkyl halides is 3. The Bertz CT molecular complexity index is 578. The van der Waals surface area contributed by atoms with E-state index in [1.54, 1.807) is 0 Å². The van der Waals surface area contributed by atoms with E-state index in [4.69, 9.17) is 0 Å². The number of likely N-dealkylation sites (tertiary alicyclic amines) is 1. The Morgan fingerprint density at radius 1 is 1.19 bits per heavy atom. The molecule has 0 aromatic heterocycles. The van der Waals surface area contributed by atoms with Crippen LogP contribution >= 0.6 is 24.8 Å². The molecule has 2 heterocycles. The van der Waals surface area contributed by atoms with Gasteiger partial charge >= 0.3 is 6.18 Å². The standard InChI is InChI=1S/C17H22F3N3O.2ClH/c18-17(19,20)13-5-3-12(4-6-13)10-23-9-7-14(11-23)22-16(24)15-2-1-8-21-15;;/h3-6,14-15,21H,1-2,7-11H2,(H,22,24);2*1H. The van der Waals surface area contributed by atoms with Crippen molar-refractivity contribution in [2.75, 3.05) is 19.6 Å². The number of hydrogen-bond acceptors (Lipinski definition) is 3. The molecule has 9 heteroatoms. The highest BCUT2D eigenvalue weighted by Gasteiger charge is 2.31. The Kier molecular flexibility index (Phi) is 8.66. The van der Waals surface area contributed by atoms with Gasteiger partial charge in [-0.1, -0.05) is 12.1 Å². The first-order valence-corrected chi connectivity index (χ1v) is 8.34. The van der Waals surface area contributed by atoms with Crippen LogP contribution in [0.2, 0.25) is 0 Å². The van der Waals surface area contributed by atoms with E-state index in [1.165, 1.54) is 12.1 Å². The van der Waals surface area contributed by atoms with E-state index in [1.807, 2.05) is 0 Å². The summed E-state index contributed by atoms with van der Waals surface area (Å²) >= 11 is 0. The molecule has 1 aromatic carbocycles. The summed E-state index contributed by atoms with van der Waals surface area (Å²) in [6, 6.07) is 5.34. The molecule has 2 saturated heterocycles. The predicted molar refractivity (Wildman–Crippen MR) is 98.8 cm³/mol. The second-order valence-corrected chi connectivity index (χ2v) is 6.57. The van der Waals surface area contributed by atoms with Gasteiger partial charge in [-0.05, 0) is 43.5 Å². The maximum Gasteiger partial charge on any atom is 0.416 e. The summed E-state index contributed by atoms with van der Waals surface area (Å²) in [5.74, 6) is 0.0638. The molecule has 4 nitrogen and oxygen atoms in total. The highest BCUT2D eigenvalue weighted by atomic mass is 35.5. The van der Waals surface area contributed by atoms with E-state index in [-0.39, 0.29) is 42.8 Å². The molecule has 0 radical (unpaired) electrons. The van der Waals surface area contributed by atoms with Crippen LogP contribution in [0.3, 0.4) is 0 Å². The van der Waals surface area contributed by atoms with Crippen molar-refractivity contribution < 1.29 is 18.0 Å². The molecule has 1 amide bonds. The summed E-state index contributed by atoms with van der Waals surface area (Å²) in [4.78, 5) is 14.3. The van der Waals surface area contributed by atoms with Crippen molar-refractivity contribution in [3.63, 3.8) is 0 Å². The lowest BCUT2D eigenvalue weighted by molar-refractivity contribution is -0.137. The van der Waals surface area contributed by atoms with Gasteiger partial charge in [0.2, 0.25) is 5.91 Å². The van der Waals surface area contributed by atoms with Crippen molar-refractivity contribution in [2.24, 2.45) is 0 Å². The van der Waals surface area contributed by atoms with E-state index in [9.17, 15) is 18.0 Å². The Morgan fingerprint density at radius 2 is 1.88 bits per heavy atom. The van der Waals surface area contributed by atoms with Crippen LogP contribution in [0.4, 0.5) is 13.2 Å². The van der Waals surface area contributed by atoms with E-state index in [0.717, 1.165) is 56.6 Å². The molecule has 2 atom stereocenters. The lowest BCUT2D eigenvalue weighted by atomic mass is 10.1. The second-order valence-electron chi connectivity index (χ2n) is 6.57. The highest BCUT2D eigenvalue weighted by molar-refractivity contribution is 5.85. The van der Waals surface area contributed by atoms with Crippen LogP contribution in [0.5, 0.6) is 0 Å². The number of nitrogens with zero attached hydrogens (tertiary/aromatic N) is 1. The number of rotatable bonds is 4. The fraction of sp³-hybridized carbons (Fsp3) is 0.588. The van der Waals surface area contributed by atoms with Gasteiger partial charge in [0.1, 0.15) is 0 Å². The van der Waals surface area contributed by atoms with Gasteiger partial charge < -0.3 is 10.6 Å². The van der Waals surface area contributed by atoms with Crippen LogP contribution in [-0.4, -0.2) is 42.5 Å². The van der Waals surface area contributed by atoms with Crippen LogP contribution in [0.15, 0.2) is 24.3 Å². The summed E-state index contributed by atoms with van der Waals surface area (Å²) in [5.41, 5.74) is 0.231. The topological polar surface area (TPSA) is 44.4 Å². The molecular formula is C17H24Cl2F3N3O. The number of carbonyl (C=O) groups excluding carboxylic acids is 1. The first-order valence-electron chi connectivity index (χ1n) is 8.34. The first-order chi connectivity index (χ1) is 11.4. The maximum atomic E-state index is 12.6. The zero-order chi connectivity index (χ0) is 17.2. The fourth-order valence-electron chi connectivity index (χ4n) is 3.36. The van der Waals surface area contributed by atoms with Gasteiger partial charge in [0, 0.05) is 25.7 Å². The molecular weight excluding hydrogens is 390 g/mol. The molecule has 0 spiro atoms. The average molecular weight is 414 g/mol. The van der Waals surface area contributed by atoms with Crippen molar-refractivity contribution in [3.8, 4) is 0 Å². The predicted octanol–water partition coefficient (Wildman–Crippen LogP) is 2.99. The summed E-state index contributed by atoms with van der Waals surface area (Å²) in [5, 5.41) is 6.25. The lowest BCUT2D eigenvalue weighted by Crippen LogP contribution is -2.46. The van der Waals surface area contributed by atoms with Crippen LogP contribution in [-0.2, 0) is 17.5 Å². The number of hydrogen-bond donors (Lipinski definition) is 2. The van der Waals surface area contributed by atoms with E-state index in [2.05, 4.69) is 15.5 Å². The summed E-state index contributed by atoms with van der Waals surface area (Å²) in [6.07, 6.45) is -1.51. The Labute approximate surface area is 163 Å². The van der Waals surface area contributed by atoms with Gasteiger partial charge in [0.25, 0.3) is 0 Å². The van der Waals surface area contributed by atoms with Gasteiger partial charge in [-0.15, -0.1) is 24.8 Å².